The van der Waals surface area contributed by atoms with Crippen LogP contribution in [0.25, 0.3) is 5.57 Å². The van der Waals surface area contributed by atoms with E-state index in [0.717, 1.165) is 17.6 Å². The summed E-state index contributed by atoms with van der Waals surface area (Å²) in [6, 6.07) is 7.64. The zero-order valence-electron chi connectivity index (χ0n) is 8.99. The van der Waals surface area contributed by atoms with Crippen molar-refractivity contribution in [1.82, 2.24) is 0 Å². The van der Waals surface area contributed by atoms with Crippen LogP contribution in [-0.4, -0.2) is 12.9 Å². The molecule has 1 aromatic carbocycles. The largest absolute Gasteiger partial charge is 0.492 e. The SMILES string of the molecule is CC1(C)C=C(C=O)c2ccccc2OC1. The Labute approximate surface area is 89.6 Å². The summed E-state index contributed by atoms with van der Waals surface area (Å²) in [4.78, 5) is 11.0. The maximum absolute atomic E-state index is 11.0. The molecule has 0 bridgehead atoms. The van der Waals surface area contributed by atoms with Gasteiger partial charge < -0.3 is 4.74 Å². The predicted octanol–water partition coefficient (Wildman–Crippen LogP) is 2.69. The lowest BCUT2D eigenvalue weighted by Crippen LogP contribution is -2.17. The number of ether oxygens (including phenoxy) is 1. The highest BCUT2D eigenvalue weighted by molar-refractivity contribution is 6.08. The molecule has 78 valence electrons. The van der Waals surface area contributed by atoms with E-state index >= 15 is 0 Å². The Kier molecular flexibility index (Phi) is 2.35. The molecule has 0 spiro atoms. The first kappa shape index (κ1) is 9.97. The maximum atomic E-state index is 11.0. The first-order valence-electron chi connectivity index (χ1n) is 5.03. The van der Waals surface area contributed by atoms with Crippen molar-refractivity contribution < 1.29 is 9.53 Å². The number of allylic oxidation sites excluding steroid dienone is 1. The molecule has 1 aromatic rings. The first-order chi connectivity index (χ1) is 7.12. The second-order valence-corrected chi connectivity index (χ2v) is 4.49. The Bertz CT molecular complexity index is 416. The lowest BCUT2D eigenvalue weighted by atomic mass is 9.91. The molecular formula is C13H14O2. The second kappa shape index (κ2) is 3.54. The van der Waals surface area contributed by atoms with Crippen LogP contribution in [0.15, 0.2) is 30.3 Å². The van der Waals surface area contributed by atoms with E-state index in [1.165, 1.54) is 0 Å². The van der Waals surface area contributed by atoms with Crippen molar-refractivity contribution in [2.75, 3.05) is 6.61 Å². The molecule has 0 unspecified atom stereocenters. The Balaban J connectivity index is 2.56. The maximum Gasteiger partial charge on any atom is 0.150 e. The van der Waals surface area contributed by atoms with Gasteiger partial charge in [-0.25, -0.2) is 0 Å². The van der Waals surface area contributed by atoms with Gasteiger partial charge in [0.15, 0.2) is 0 Å². The summed E-state index contributed by atoms with van der Waals surface area (Å²) in [6.07, 6.45) is 2.88. The molecule has 2 nitrogen and oxygen atoms in total. The molecule has 1 heterocycles. The van der Waals surface area contributed by atoms with Crippen LogP contribution in [0.3, 0.4) is 0 Å². The zero-order chi connectivity index (χ0) is 10.9. The summed E-state index contributed by atoms with van der Waals surface area (Å²) in [5.41, 5.74) is 1.50. The number of aldehydes is 1. The fourth-order valence-electron chi connectivity index (χ4n) is 1.73. The highest BCUT2D eigenvalue weighted by atomic mass is 16.5. The summed E-state index contributed by atoms with van der Waals surface area (Å²) in [6.45, 7) is 4.71. The van der Waals surface area contributed by atoms with Gasteiger partial charge in [-0.05, 0) is 6.07 Å². The molecule has 0 radical (unpaired) electrons. The zero-order valence-corrected chi connectivity index (χ0v) is 8.99. The van der Waals surface area contributed by atoms with Crippen LogP contribution < -0.4 is 4.74 Å². The van der Waals surface area contributed by atoms with Crippen LogP contribution in [0.2, 0.25) is 0 Å². The van der Waals surface area contributed by atoms with Crippen molar-refractivity contribution in [3.8, 4) is 5.75 Å². The molecule has 1 aliphatic rings. The van der Waals surface area contributed by atoms with Crippen LogP contribution in [0.5, 0.6) is 5.75 Å². The molecule has 0 atom stereocenters. The fraction of sp³-hybridized carbons (Fsp3) is 0.308. The lowest BCUT2D eigenvalue weighted by molar-refractivity contribution is -0.103. The quantitative estimate of drug-likeness (QED) is 0.654. The average molecular weight is 202 g/mol. The van der Waals surface area contributed by atoms with E-state index in [-0.39, 0.29) is 5.41 Å². The van der Waals surface area contributed by atoms with E-state index in [0.29, 0.717) is 12.2 Å². The van der Waals surface area contributed by atoms with Gasteiger partial charge in [0.05, 0.1) is 6.61 Å². The number of fused-ring (bicyclic) bond motifs is 1. The van der Waals surface area contributed by atoms with Crippen molar-refractivity contribution >= 4 is 11.9 Å². The van der Waals surface area contributed by atoms with E-state index in [9.17, 15) is 4.79 Å². The Hall–Kier alpha value is -1.57. The third-order valence-electron chi connectivity index (χ3n) is 2.47. The Morgan fingerprint density at radius 3 is 2.80 bits per heavy atom. The number of rotatable bonds is 1. The molecule has 0 saturated heterocycles. The van der Waals surface area contributed by atoms with Gasteiger partial charge in [0.25, 0.3) is 0 Å². The molecule has 2 heteroatoms. The van der Waals surface area contributed by atoms with Crippen LogP contribution >= 0.6 is 0 Å². The van der Waals surface area contributed by atoms with Crippen molar-refractivity contribution in [1.29, 1.82) is 0 Å². The van der Waals surface area contributed by atoms with E-state index in [1.54, 1.807) is 0 Å². The molecule has 1 aliphatic heterocycles. The summed E-state index contributed by atoms with van der Waals surface area (Å²) in [7, 11) is 0. The molecule has 0 aliphatic carbocycles. The van der Waals surface area contributed by atoms with E-state index in [2.05, 4.69) is 13.8 Å². The van der Waals surface area contributed by atoms with Crippen LogP contribution in [0.1, 0.15) is 19.4 Å². The van der Waals surface area contributed by atoms with Gasteiger partial charge in [-0.2, -0.15) is 0 Å². The van der Waals surface area contributed by atoms with Gasteiger partial charge in [0.2, 0.25) is 0 Å². The van der Waals surface area contributed by atoms with E-state index < -0.39 is 0 Å². The standard InChI is InChI=1S/C13H14O2/c1-13(2)7-10(8-14)11-5-3-4-6-12(11)15-9-13/h3-8H,9H2,1-2H3. The van der Waals surface area contributed by atoms with Crippen molar-refractivity contribution in [3.05, 3.63) is 35.9 Å². The lowest BCUT2D eigenvalue weighted by Gasteiger charge is -2.18. The van der Waals surface area contributed by atoms with Gasteiger partial charge in [-0.1, -0.05) is 38.1 Å². The first-order valence-corrected chi connectivity index (χ1v) is 5.03. The molecule has 0 amide bonds. The third kappa shape index (κ3) is 1.94. The number of carbonyl (C=O) groups is 1. The molecule has 0 saturated carbocycles. The van der Waals surface area contributed by atoms with Crippen LogP contribution in [0.4, 0.5) is 0 Å². The highest BCUT2D eigenvalue weighted by Crippen LogP contribution is 2.33. The number of hydrogen-bond donors (Lipinski definition) is 0. The smallest absolute Gasteiger partial charge is 0.150 e. The number of hydrogen-bond acceptors (Lipinski definition) is 2. The minimum absolute atomic E-state index is 0.102. The van der Waals surface area contributed by atoms with Gasteiger partial charge >= 0.3 is 0 Å². The fourth-order valence-corrected chi connectivity index (χ4v) is 1.73. The Morgan fingerprint density at radius 2 is 2.07 bits per heavy atom. The van der Waals surface area contributed by atoms with Crippen LogP contribution in [-0.2, 0) is 4.79 Å². The monoisotopic (exact) mass is 202 g/mol. The van der Waals surface area contributed by atoms with Gasteiger partial charge in [-0.3, -0.25) is 4.79 Å². The number of benzene rings is 1. The van der Waals surface area contributed by atoms with Crippen molar-refractivity contribution in [2.45, 2.75) is 13.8 Å². The van der Waals surface area contributed by atoms with Crippen molar-refractivity contribution in [2.24, 2.45) is 5.41 Å². The number of carbonyl (C=O) groups excluding carboxylic acids is 1. The molecule has 0 aromatic heterocycles. The predicted molar refractivity (Wildman–Crippen MR) is 59.8 cm³/mol. The Morgan fingerprint density at radius 1 is 1.33 bits per heavy atom. The van der Waals surface area contributed by atoms with Crippen LogP contribution in [0, 0.1) is 5.41 Å². The molecule has 15 heavy (non-hydrogen) atoms. The topological polar surface area (TPSA) is 26.3 Å². The average Bonchev–Trinajstić information content (AvgIpc) is 2.36. The van der Waals surface area contributed by atoms with Crippen molar-refractivity contribution in [3.63, 3.8) is 0 Å². The summed E-state index contributed by atoms with van der Waals surface area (Å²) in [5.74, 6) is 0.793. The van der Waals surface area contributed by atoms with E-state index in [1.807, 2.05) is 30.3 Å². The third-order valence-corrected chi connectivity index (χ3v) is 2.47. The van der Waals surface area contributed by atoms with E-state index in [4.69, 9.17) is 4.74 Å². The molecular weight excluding hydrogens is 188 g/mol. The summed E-state index contributed by atoms with van der Waals surface area (Å²) in [5, 5.41) is 0. The molecule has 2 rings (SSSR count). The normalized spacial score (nSPS) is 18.1. The van der Waals surface area contributed by atoms with Gasteiger partial charge in [-0.15, -0.1) is 0 Å². The minimum Gasteiger partial charge on any atom is -0.492 e. The minimum atomic E-state index is -0.102. The number of para-hydroxylation sites is 1. The summed E-state index contributed by atoms with van der Waals surface area (Å²) < 4.78 is 5.68. The van der Waals surface area contributed by atoms with Gasteiger partial charge in [0.1, 0.15) is 12.0 Å². The summed E-state index contributed by atoms with van der Waals surface area (Å²) >= 11 is 0. The van der Waals surface area contributed by atoms with Gasteiger partial charge in [0, 0.05) is 16.6 Å². The molecule has 0 fully saturated rings. The second-order valence-electron chi connectivity index (χ2n) is 4.49. The highest BCUT2D eigenvalue weighted by Gasteiger charge is 2.22. The molecule has 0 N–H and O–H groups in total.